The van der Waals surface area contributed by atoms with Crippen molar-refractivity contribution < 1.29 is 20.4 Å². The molecule has 10 heteroatoms. The first-order valence-corrected chi connectivity index (χ1v) is 9.12. The molecule has 3 rings (SSSR count). The summed E-state index contributed by atoms with van der Waals surface area (Å²) >= 11 is 18.3. The molecule has 3 aromatic rings. The molecule has 0 saturated carbocycles. The number of nitrogens with zero attached hydrogens (tertiary/aromatic N) is 3. The molecule has 0 fully saturated rings. The molecular weight excluding hydrogens is 429 g/mol. The molecule has 0 aliphatic heterocycles. The van der Waals surface area contributed by atoms with Crippen LogP contribution in [0.25, 0.3) is 0 Å². The molecule has 0 spiro atoms. The predicted octanol–water partition coefficient (Wildman–Crippen LogP) is 5.26. The van der Waals surface area contributed by atoms with E-state index in [2.05, 4.69) is 4.98 Å². The highest BCUT2D eigenvalue weighted by atomic mass is 35.5. The van der Waals surface area contributed by atoms with E-state index < -0.39 is 5.39 Å². The van der Waals surface area contributed by atoms with E-state index >= 15 is 0 Å². The topological polar surface area (TPSA) is 91.0 Å². The zero-order valence-electron chi connectivity index (χ0n) is 14.5. The van der Waals surface area contributed by atoms with Crippen LogP contribution in [0, 0.1) is 0 Å². The number of hydrogen-bond donors (Lipinski definition) is 3. The number of ether oxygens (including phenoxy) is 1. The van der Waals surface area contributed by atoms with Gasteiger partial charge in [0.05, 0.1) is 24.9 Å². The van der Waals surface area contributed by atoms with E-state index in [1.165, 1.54) is 0 Å². The molecule has 7 nitrogen and oxygen atoms in total. The van der Waals surface area contributed by atoms with Gasteiger partial charge in [0.2, 0.25) is 0 Å². The van der Waals surface area contributed by atoms with Gasteiger partial charge < -0.3 is 9.30 Å². The van der Waals surface area contributed by atoms with Gasteiger partial charge in [-0.25, -0.2) is 4.98 Å². The van der Waals surface area contributed by atoms with Crippen molar-refractivity contribution in [2.24, 2.45) is 0 Å². The number of hydrogen-bond acceptors (Lipinski definition) is 6. The van der Waals surface area contributed by atoms with Crippen LogP contribution < -0.4 is 0 Å². The highest BCUT2D eigenvalue weighted by molar-refractivity contribution is 6.35. The smallest absolute Gasteiger partial charge is 0.102 e. The first kappa shape index (κ1) is 22.6. The van der Waals surface area contributed by atoms with E-state index in [9.17, 15) is 0 Å². The molecule has 1 atom stereocenters. The SMILES string of the molecule is Clc1ccc(COC(Cn2ccnc2)c2ccc(Cl)cc2Cl)cc1.ON(O)O. The number of rotatable bonds is 6. The summed E-state index contributed by atoms with van der Waals surface area (Å²) in [7, 11) is 0. The van der Waals surface area contributed by atoms with E-state index in [0.29, 0.717) is 28.2 Å². The Hall–Kier alpha value is -1.68. The number of benzene rings is 2. The molecule has 1 aromatic heterocycles. The maximum atomic E-state index is 7.00. The van der Waals surface area contributed by atoms with Gasteiger partial charge in [-0.15, -0.1) is 0 Å². The lowest BCUT2D eigenvalue weighted by molar-refractivity contribution is -0.472. The van der Waals surface area contributed by atoms with Crippen molar-refractivity contribution in [1.82, 2.24) is 14.9 Å². The summed E-state index contributed by atoms with van der Waals surface area (Å²) < 4.78 is 8.08. The van der Waals surface area contributed by atoms with Crippen LogP contribution in [-0.4, -0.2) is 30.6 Å². The van der Waals surface area contributed by atoms with E-state index in [0.717, 1.165) is 11.1 Å². The Morgan fingerprint density at radius 2 is 1.64 bits per heavy atom. The summed E-state index contributed by atoms with van der Waals surface area (Å²) in [6.07, 6.45) is 5.16. The van der Waals surface area contributed by atoms with Crippen molar-refractivity contribution in [3.63, 3.8) is 0 Å². The van der Waals surface area contributed by atoms with Gasteiger partial charge in [-0.3, -0.25) is 15.6 Å². The molecule has 0 aliphatic rings. The average molecular weight is 447 g/mol. The molecule has 0 aliphatic carbocycles. The summed E-state index contributed by atoms with van der Waals surface area (Å²) in [4.78, 5) is 4.07. The molecule has 1 heterocycles. The van der Waals surface area contributed by atoms with Crippen molar-refractivity contribution in [3.05, 3.63) is 87.4 Å². The fourth-order valence-electron chi connectivity index (χ4n) is 2.37. The average Bonchev–Trinajstić information content (AvgIpc) is 3.13. The lowest BCUT2D eigenvalue weighted by atomic mass is 10.1. The van der Waals surface area contributed by atoms with Gasteiger partial charge in [0.15, 0.2) is 0 Å². The van der Waals surface area contributed by atoms with Crippen LogP contribution >= 0.6 is 34.8 Å². The summed E-state index contributed by atoms with van der Waals surface area (Å²) in [5.74, 6) is 0. The summed E-state index contributed by atoms with van der Waals surface area (Å²) in [6.45, 7) is 1.06. The molecule has 2 aromatic carbocycles. The second kappa shape index (κ2) is 11.4. The van der Waals surface area contributed by atoms with Gasteiger partial charge in [0, 0.05) is 33.0 Å². The van der Waals surface area contributed by atoms with Gasteiger partial charge in [-0.05, 0) is 29.8 Å². The van der Waals surface area contributed by atoms with Crippen molar-refractivity contribution in [2.45, 2.75) is 19.3 Å². The van der Waals surface area contributed by atoms with Crippen molar-refractivity contribution >= 4 is 34.8 Å². The second-order valence-corrected chi connectivity index (χ2v) is 6.90. The van der Waals surface area contributed by atoms with E-state index in [4.69, 9.17) is 55.2 Å². The molecule has 0 amide bonds. The summed E-state index contributed by atoms with van der Waals surface area (Å²) in [6, 6.07) is 13.0. The Morgan fingerprint density at radius 3 is 2.21 bits per heavy atom. The molecule has 3 N–H and O–H groups in total. The minimum Gasteiger partial charge on any atom is -0.367 e. The monoisotopic (exact) mass is 445 g/mol. The van der Waals surface area contributed by atoms with Gasteiger partial charge in [-0.2, -0.15) is 0 Å². The lowest BCUT2D eigenvalue weighted by Gasteiger charge is -2.20. The molecule has 1 unspecified atom stereocenters. The van der Waals surface area contributed by atoms with E-state index in [1.807, 2.05) is 47.2 Å². The first-order chi connectivity index (χ1) is 13.3. The normalized spacial score (nSPS) is 11.8. The third-order valence-electron chi connectivity index (χ3n) is 3.61. The quantitative estimate of drug-likeness (QED) is 0.448. The van der Waals surface area contributed by atoms with Crippen LogP contribution in [0.15, 0.2) is 61.2 Å². The number of aromatic nitrogens is 2. The molecule has 0 saturated heterocycles. The minimum atomic E-state index is -1.00. The van der Waals surface area contributed by atoms with E-state index in [-0.39, 0.29) is 6.10 Å². The Labute approximate surface area is 176 Å². The zero-order chi connectivity index (χ0) is 20.5. The van der Waals surface area contributed by atoms with Crippen molar-refractivity contribution in [2.75, 3.05) is 0 Å². The number of imidazole rings is 1. The lowest BCUT2D eigenvalue weighted by Crippen LogP contribution is -2.12. The maximum Gasteiger partial charge on any atom is 0.102 e. The second-order valence-electron chi connectivity index (χ2n) is 5.62. The standard InChI is InChI=1S/C18H15Cl3N2O.H3NO3/c19-14-3-1-13(2-4-14)11-24-18(10-23-8-7-22-12-23)16-6-5-15(20)9-17(16)21;2-1(3)4/h1-9,12,18H,10-11H2;2-4H. The van der Waals surface area contributed by atoms with Crippen LogP contribution in [0.4, 0.5) is 0 Å². The third kappa shape index (κ3) is 7.75. The molecule has 0 radical (unpaired) electrons. The molecule has 0 bridgehead atoms. The van der Waals surface area contributed by atoms with Gasteiger partial charge >= 0.3 is 0 Å². The first-order valence-electron chi connectivity index (χ1n) is 7.98. The predicted molar refractivity (Wildman–Crippen MR) is 105 cm³/mol. The Morgan fingerprint density at radius 1 is 1.00 bits per heavy atom. The van der Waals surface area contributed by atoms with Gasteiger partial charge in [0.1, 0.15) is 6.10 Å². The Bertz CT molecular complexity index is 843. The number of halogens is 3. The molecule has 28 heavy (non-hydrogen) atoms. The van der Waals surface area contributed by atoms with Gasteiger partial charge in [-0.1, -0.05) is 53.0 Å². The van der Waals surface area contributed by atoms with Crippen LogP contribution in [0.3, 0.4) is 0 Å². The van der Waals surface area contributed by atoms with Crippen LogP contribution in [0.1, 0.15) is 17.2 Å². The maximum absolute atomic E-state index is 7.00. The summed E-state index contributed by atoms with van der Waals surface area (Å²) in [5.41, 5.74) is 1.93. The molecule has 150 valence electrons. The van der Waals surface area contributed by atoms with Crippen LogP contribution in [-0.2, 0) is 17.9 Å². The van der Waals surface area contributed by atoms with Crippen molar-refractivity contribution in [3.8, 4) is 0 Å². The third-order valence-corrected chi connectivity index (χ3v) is 4.42. The fourth-order valence-corrected chi connectivity index (χ4v) is 3.02. The zero-order valence-corrected chi connectivity index (χ0v) is 16.8. The Kier molecular flexibility index (Phi) is 9.17. The highest BCUT2D eigenvalue weighted by Gasteiger charge is 2.17. The minimum absolute atomic E-state index is 0.223. The van der Waals surface area contributed by atoms with Crippen LogP contribution in [0.2, 0.25) is 15.1 Å². The molecular formula is C18H18Cl3N3O4. The van der Waals surface area contributed by atoms with E-state index in [1.54, 1.807) is 18.6 Å². The van der Waals surface area contributed by atoms with Crippen LogP contribution in [0.5, 0.6) is 0 Å². The fraction of sp³-hybridized carbons (Fsp3) is 0.167. The highest BCUT2D eigenvalue weighted by Crippen LogP contribution is 2.30. The Balaban J connectivity index is 0.000000640. The van der Waals surface area contributed by atoms with Gasteiger partial charge in [0.25, 0.3) is 0 Å². The largest absolute Gasteiger partial charge is 0.367 e. The summed E-state index contributed by atoms with van der Waals surface area (Å²) in [5, 5.41) is 21.9. The van der Waals surface area contributed by atoms with Crippen molar-refractivity contribution in [1.29, 1.82) is 0 Å².